The molecule has 10 heavy (non-hydrogen) atoms. The third-order valence-corrected chi connectivity index (χ3v) is 0.812. The molecule has 0 saturated heterocycles. The van der Waals surface area contributed by atoms with Gasteiger partial charge in [0.1, 0.15) is 0 Å². The number of hydrogen-bond acceptors (Lipinski definition) is 2. The third-order valence-electron chi connectivity index (χ3n) is 0.812. The van der Waals surface area contributed by atoms with Crippen molar-refractivity contribution in [3.63, 3.8) is 0 Å². The summed E-state index contributed by atoms with van der Waals surface area (Å²) in [6.45, 7) is 3.91. The van der Waals surface area contributed by atoms with E-state index >= 15 is 0 Å². The van der Waals surface area contributed by atoms with Gasteiger partial charge in [-0.05, 0) is 5.92 Å². The first-order chi connectivity index (χ1) is 4.66. The highest BCUT2D eigenvalue weighted by Gasteiger charge is 1.90. The van der Waals surface area contributed by atoms with Crippen LogP contribution in [-0.4, -0.2) is 5.91 Å². The van der Waals surface area contributed by atoms with E-state index in [0.717, 1.165) is 0 Å². The van der Waals surface area contributed by atoms with E-state index in [1.165, 1.54) is 6.08 Å². The van der Waals surface area contributed by atoms with Crippen molar-refractivity contribution in [3.8, 4) is 6.19 Å². The van der Waals surface area contributed by atoms with Gasteiger partial charge in [-0.3, -0.25) is 10.1 Å². The van der Waals surface area contributed by atoms with Gasteiger partial charge in [0.05, 0.1) is 0 Å². The number of carbonyl (C=O) groups is 1. The maximum absolute atomic E-state index is 10.5. The van der Waals surface area contributed by atoms with E-state index in [0.29, 0.717) is 5.92 Å². The highest BCUT2D eigenvalue weighted by molar-refractivity contribution is 5.88. The molecule has 0 unspecified atom stereocenters. The van der Waals surface area contributed by atoms with E-state index in [-0.39, 0.29) is 5.91 Å². The van der Waals surface area contributed by atoms with Gasteiger partial charge in [0.2, 0.25) is 0 Å². The Morgan fingerprint density at radius 2 is 2.30 bits per heavy atom. The molecule has 3 heteroatoms. The molecule has 0 rings (SSSR count). The smallest absolute Gasteiger partial charge is 0.256 e. The summed E-state index contributed by atoms with van der Waals surface area (Å²) in [7, 11) is 0. The number of rotatable bonds is 2. The molecule has 0 aromatic heterocycles. The van der Waals surface area contributed by atoms with Crippen molar-refractivity contribution in [2.24, 2.45) is 5.92 Å². The topological polar surface area (TPSA) is 52.9 Å². The van der Waals surface area contributed by atoms with Gasteiger partial charge in [-0.25, -0.2) is 0 Å². The quantitative estimate of drug-likeness (QED) is 0.348. The molecule has 0 saturated carbocycles. The fraction of sp³-hybridized carbons (Fsp3) is 0.429. The molecule has 3 nitrogen and oxygen atoms in total. The standard InChI is InChI=1S/C7H10N2O/c1-6(2)3-4-7(10)9-5-8/h3-4,6H,1-2H3,(H,9,10). The minimum absolute atomic E-state index is 0.337. The molecule has 1 amide bonds. The van der Waals surface area contributed by atoms with Crippen LogP contribution in [0.4, 0.5) is 0 Å². The maximum atomic E-state index is 10.5. The number of nitriles is 1. The van der Waals surface area contributed by atoms with Crippen molar-refractivity contribution in [2.75, 3.05) is 0 Å². The molecule has 0 aromatic rings. The maximum Gasteiger partial charge on any atom is 0.256 e. The van der Waals surface area contributed by atoms with Crippen molar-refractivity contribution in [3.05, 3.63) is 12.2 Å². The average Bonchev–Trinajstić information content (AvgIpc) is 1.85. The van der Waals surface area contributed by atoms with Crippen LogP contribution in [0.2, 0.25) is 0 Å². The molecule has 0 heterocycles. The lowest BCUT2D eigenvalue weighted by atomic mass is 10.2. The fourth-order valence-electron chi connectivity index (χ4n) is 0.377. The normalized spacial score (nSPS) is 9.80. The fourth-order valence-corrected chi connectivity index (χ4v) is 0.377. The summed E-state index contributed by atoms with van der Waals surface area (Å²) in [4.78, 5) is 10.5. The first-order valence-corrected chi connectivity index (χ1v) is 3.04. The van der Waals surface area contributed by atoms with Gasteiger partial charge in [-0.1, -0.05) is 19.9 Å². The summed E-state index contributed by atoms with van der Waals surface area (Å²) < 4.78 is 0. The van der Waals surface area contributed by atoms with E-state index in [1.54, 1.807) is 12.3 Å². The molecule has 0 atom stereocenters. The second-order valence-corrected chi connectivity index (χ2v) is 2.20. The third kappa shape index (κ3) is 4.85. The van der Waals surface area contributed by atoms with Gasteiger partial charge in [-0.2, -0.15) is 5.26 Å². The van der Waals surface area contributed by atoms with E-state index < -0.39 is 0 Å². The number of allylic oxidation sites excluding steroid dienone is 1. The van der Waals surface area contributed by atoms with Gasteiger partial charge in [0, 0.05) is 6.08 Å². The molecule has 0 radical (unpaired) electrons. The van der Waals surface area contributed by atoms with Crippen LogP contribution < -0.4 is 5.32 Å². The van der Waals surface area contributed by atoms with Crippen molar-refractivity contribution in [1.82, 2.24) is 5.32 Å². The van der Waals surface area contributed by atoms with Crippen LogP contribution in [0.5, 0.6) is 0 Å². The molecule has 0 fully saturated rings. The monoisotopic (exact) mass is 138 g/mol. The van der Waals surface area contributed by atoms with Crippen LogP contribution in [0, 0.1) is 17.4 Å². The van der Waals surface area contributed by atoms with Crippen molar-refractivity contribution >= 4 is 5.91 Å². The molecule has 0 aliphatic rings. The highest BCUT2D eigenvalue weighted by atomic mass is 16.1. The largest absolute Gasteiger partial charge is 0.269 e. The van der Waals surface area contributed by atoms with E-state index in [1.807, 2.05) is 19.2 Å². The Balaban J connectivity index is 3.69. The Labute approximate surface area is 60.3 Å². The Morgan fingerprint density at radius 1 is 1.70 bits per heavy atom. The summed E-state index contributed by atoms with van der Waals surface area (Å²) in [6, 6.07) is 0. The van der Waals surface area contributed by atoms with Crippen LogP contribution in [0.1, 0.15) is 13.8 Å². The second-order valence-electron chi connectivity index (χ2n) is 2.20. The Hall–Kier alpha value is -1.30. The number of nitrogens with one attached hydrogen (secondary N) is 1. The zero-order chi connectivity index (χ0) is 7.98. The summed E-state index contributed by atoms with van der Waals surface area (Å²) in [6.07, 6.45) is 4.62. The second kappa shape index (κ2) is 4.57. The zero-order valence-electron chi connectivity index (χ0n) is 6.09. The molecular weight excluding hydrogens is 128 g/mol. The molecular formula is C7H10N2O. The van der Waals surface area contributed by atoms with Crippen LogP contribution >= 0.6 is 0 Å². The van der Waals surface area contributed by atoms with Crippen LogP contribution in [0.15, 0.2) is 12.2 Å². The average molecular weight is 138 g/mol. The van der Waals surface area contributed by atoms with Crippen molar-refractivity contribution in [1.29, 1.82) is 5.26 Å². The molecule has 0 spiro atoms. The molecule has 1 N–H and O–H groups in total. The lowest BCUT2D eigenvalue weighted by Gasteiger charge is -1.91. The lowest BCUT2D eigenvalue weighted by molar-refractivity contribution is -0.115. The van der Waals surface area contributed by atoms with Gasteiger partial charge >= 0.3 is 0 Å². The Kier molecular flexibility index (Phi) is 3.97. The van der Waals surface area contributed by atoms with Gasteiger partial charge in [0.15, 0.2) is 6.19 Å². The van der Waals surface area contributed by atoms with Crippen molar-refractivity contribution in [2.45, 2.75) is 13.8 Å². The minimum Gasteiger partial charge on any atom is -0.269 e. The number of nitrogens with zero attached hydrogens (tertiary/aromatic N) is 1. The van der Waals surface area contributed by atoms with Crippen LogP contribution in [0.3, 0.4) is 0 Å². The van der Waals surface area contributed by atoms with Gasteiger partial charge in [0.25, 0.3) is 5.91 Å². The zero-order valence-corrected chi connectivity index (χ0v) is 6.09. The van der Waals surface area contributed by atoms with E-state index in [4.69, 9.17) is 5.26 Å². The predicted octanol–water partition coefficient (Wildman–Crippen LogP) is 0.796. The number of carbonyl (C=O) groups excluding carboxylic acids is 1. The first kappa shape index (κ1) is 8.70. The van der Waals surface area contributed by atoms with E-state index in [9.17, 15) is 4.79 Å². The Morgan fingerprint density at radius 3 is 2.70 bits per heavy atom. The Bertz CT molecular complexity index is 177. The summed E-state index contributed by atoms with van der Waals surface area (Å²) >= 11 is 0. The number of hydrogen-bond donors (Lipinski definition) is 1. The minimum atomic E-state index is -0.365. The van der Waals surface area contributed by atoms with Crippen molar-refractivity contribution < 1.29 is 4.79 Å². The van der Waals surface area contributed by atoms with Gasteiger partial charge in [-0.15, -0.1) is 0 Å². The molecule has 0 bridgehead atoms. The highest BCUT2D eigenvalue weighted by Crippen LogP contribution is 1.91. The molecule has 0 aliphatic heterocycles. The lowest BCUT2D eigenvalue weighted by Crippen LogP contribution is -2.13. The molecule has 0 aromatic carbocycles. The van der Waals surface area contributed by atoms with E-state index in [2.05, 4.69) is 0 Å². The molecule has 0 aliphatic carbocycles. The molecule has 54 valence electrons. The predicted molar refractivity (Wildman–Crippen MR) is 37.7 cm³/mol. The van der Waals surface area contributed by atoms with Gasteiger partial charge < -0.3 is 0 Å². The summed E-state index contributed by atoms with van der Waals surface area (Å²) in [5.41, 5.74) is 0. The number of amides is 1. The summed E-state index contributed by atoms with van der Waals surface area (Å²) in [5.74, 6) is -0.0272. The van der Waals surface area contributed by atoms with Crippen LogP contribution in [0.25, 0.3) is 0 Å². The van der Waals surface area contributed by atoms with Crippen LogP contribution in [-0.2, 0) is 4.79 Å². The summed E-state index contributed by atoms with van der Waals surface area (Å²) in [5, 5.41) is 9.97. The SMILES string of the molecule is CC(C)C=CC(=O)NC#N. The first-order valence-electron chi connectivity index (χ1n) is 3.04.